The molecule has 1 saturated heterocycles. The molecule has 1 saturated carbocycles. The minimum absolute atomic E-state index is 0.746. The van der Waals surface area contributed by atoms with Crippen molar-refractivity contribution in [3.05, 3.63) is 0 Å². The summed E-state index contributed by atoms with van der Waals surface area (Å²) in [6.07, 6.45) is 4.14. The summed E-state index contributed by atoms with van der Waals surface area (Å²) in [6.45, 7) is 6.50. The van der Waals surface area contributed by atoms with Crippen LogP contribution in [0.4, 0.5) is 0 Å². The van der Waals surface area contributed by atoms with Crippen LogP contribution in [-0.2, 0) is 0 Å². The predicted octanol–water partition coefficient (Wildman–Crippen LogP) is 1.08. The Balaban J connectivity index is 1.85. The van der Waals surface area contributed by atoms with Gasteiger partial charge < -0.3 is 5.32 Å². The summed E-state index contributed by atoms with van der Waals surface area (Å²) < 4.78 is 0. The van der Waals surface area contributed by atoms with Gasteiger partial charge in [-0.2, -0.15) is 0 Å². The zero-order chi connectivity index (χ0) is 9.80. The van der Waals surface area contributed by atoms with Crippen LogP contribution in [0.25, 0.3) is 0 Å². The molecule has 1 atom stereocenters. The SMILES string of the molecule is CC#CCN1CCCNC(C2CC2)C1. The maximum absolute atomic E-state index is 3.66. The zero-order valence-electron chi connectivity index (χ0n) is 9.05. The zero-order valence-corrected chi connectivity index (χ0v) is 9.05. The van der Waals surface area contributed by atoms with Gasteiger partial charge in [0.05, 0.1) is 6.54 Å². The molecule has 0 bridgehead atoms. The maximum Gasteiger partial charge on any atom is 0.0602 e. The average Bonchev–Trinajstić information content (AvgIpc) is 3.00. The summed E-state index contributed by atoms with van der Waals surface area (Å²) in [6, 6.07) is 0.746. The quantitative estimate of drug-likeness (QED) is 0.659. The first-order valence-electron chi connectivity index (χ1n) is 5.75. The second kappa shape index (κ2) is 4.82. The molecule has 0 aromatic heterocycles. The number of nitrogens with one attached hydrogen (secondary N) is 1. The highest BCUT2D eigenvalue weighted by Crippen LogP contribution is 2.33. The highest BCUT2D eigenvalue weighted by molar-refractivity contribution is 4.99. The van der Waals surface area contributed by atoms with Crippen LogP contribution < -0.4 is 5.32 Å². The molecule has 0 spiro atoms. The summed E-state index contributed by atoms with van der Waals surface area (Å²) in [5, 5.41) is 3.66. The van der Waals surface area contributed by atoms with Crippen LogP contribution in [0.5, 0.6) is 0 Å². The van der Waals surface area contributed by atoms with Crippen molar-refractivity contribution >= 4 is 0 Å². The third-order valence-corrected chi connectivity index (χ3v) is 3.18. The van der Waals surface area contributed by atoms with Gasteiger partial charge in [0.25, 0.3) is 0 Å². The number of rotatable bonds is 2. The molecule has 1 heterocycles. The molecule has 0 amide bonds. The van der Waals surface area contributed by atoms with E-state index in [1.165, 1.54) is 38.9 Å². The standard InChI is InChI=1S/C12H20N2/c1-2-3-8-14-9-4-7-13-12(10-14)11-5-6-11/h11-13H,4-10H2,1H3. The Morgan fingerprint density at radius 3 is 3.00 bits per heavy atom. The molecule has 0 aromatic rings. The van der Waals surface area contributed by atoms with Crippen LogP contribution in [0, 0.1) is 17.8 Å². The summed E-state index contributed by atoms with van der Waals surface area (Å²) in [7, 11) is 0. The first-order valence-corrected chi connectivity index (χ1v) is 5.75. The predicted molar refractivity (Wildman–Crippen MR) is 59.0 cm³/mol. The van der Waals surface area contributed by atoms with Gasteiger partial charge in [0.15, 0.2) is 0 Å². The van der Waals surface area contributed by atoms with Crippen molar-refractivity contribution in [1.29, 1.82) is 0 Å². The Morgan fingerprint density at radius 2 is 2.29 bits per heavy atom. The van der Waals surface area contributed by atoms with Crippen LogP contribution in [0.15, 0.2) is 0 Å². The number of nitrogens with zero attached hydrogens (tertiary/aromatic N) is 1. The van der Waals surface area contributed by atoms with E-state index in [2.05, 4.69) is 22.1 Å². The van der Waals surface area contributed by atoms with Crippen molar-refractivity contribution < 1.29 is 0 Å². The van der Waals surface area contributed by atoms with Gasteiger partial charge in [0.1, 0.15) is 0 Å². The third kappa shape index (κ3) is 2.73. The molecule has 2 aliphatic rings. The topological polar surface area (TPSA) is 15.3 Å². The van der Waals surface area contributed by atoms with Gasteiger partial charge in [-0.25, -0.2) is 0 Å². The van der Waals surface area contributed by atoms with Gasteiger partial charge in [-0.15, -0.1) is 5.92 Å². The molecule has 1 N–H and O–H groups in total. The summed E-state index contributed by atoms with van der Waals surface area (Å²) in [4.78, 5) is 2.50. The van der Waals surface area contributed by atoms with E-state index in [-0.39, 0.29) is 0 Å². The molecule has 0 radical (unpaired) electrons. The van der Waals surface area contributed by atoms with Crippen LogP contribution in [0.1, 0.15) is 26.2 Å². The Bertz CT molecular complexity index is 234. The van der Waals surface area contributed by atoms with Gasteiger partial charge in [0.2, 0.25) is 0 Å². The highest BCUT2D eigenvalue weighted by Gasteiger charge is 2.32. The van der Waals surface area contributed by atoms with Crippen LogP contribution in [0.2, 0.25) is 0 Å². The van der Waals surface area contributed by atoms with Crippen LogP contribution in [0.3, 0.4) is 0 Å². The Labute approximate surface area is 87.1 Å². The summed E-state index contributed by atoms with van der Waals surface area (Å²) in [5.41, 5.74) is 0. The molecule has 0 aromatic carbocycles. The highest BCUT2D eigenvalue weighted by atomic mass is 15.2. The van der Waals surface area contributed by atoms with Crippen molar-refractivity contribution in [2.45, 2.75) is 32.2 Å². The molecule has 2 rings (SSSR count). The van der Waals surface area contributed by atoms with E-state index in [4.69, 9.17) is 0 Å². The molecular formula is C12H20N2. The van der Waals surface area contributed by atoms with Crippen molar-refractivity contribution in [1.82, 2.24) is 10.2 Å². The Morgan fingerprint density at radius 1 is 1.43 bits per heavy atom. The minimum Gasteiger partial charge on any atom is -0.312 e. The van der Waals surface area contributed by atoms with E-state index < -0.39 is 0 Å². The van der Waals surface area contributed by atoms with Crippen LogP contribution in [-0.4, -0.2) is 37.1 Å². The second-order valence-electron chi connectivity index (χ2n) is 4.41. The van der Waals surface area contributed by atoms with Gasteiger partial charge >= 0.3 is 0 Å². The molecule has 2 nitrogen and oxygen atoms in total. The number of hydrogen-bond donors (Lipinski definition) is 1. The van der Waals surface area contributed by atoms with E-state index in [0.717, 1.165) is 18.5 Å². The van der Waals surface area contributed by atoms with E-state index in [1.807, 2.05) is 6.92 Å². The smallest absolute Gasteiger partial charge is 0.0602 e. The van der Waals surface area contributed by atoms with Crippen molar-refractivity contribution in [2.75, 3.05) is 26.2 Å². The fraction of sp³-hybridized carbons (Fsp3) is 0.833. The Hall–Kier alpha value is -0.520. The maximum atomic E-state index is 3.66. The van der Waals surface area contributed by atoms with Crippen molar-refractivity contribution in [3.8, 4) is 11.8 Å². The Kier molecular flexibility index (Phi) is 3.44. The van der Waals surface area contributed by atoms with Crippen molar-refractivity contribution in [2.24, 2.45) is 5.92 Å². The molecule has 1 aliphatic heterocycles. The fourth-order valence-corrected chi connectivity index (χ4v) is 2.17. The lowest BCUT2D eigenvalue weighted by molar-refractivity contribution is 0.287. The molecule has 78 valence electrons. The van der Waals surface area contributed by atoms with Gasteiger partial charge in [-0.1, -0.05) is 5.92 Å². The monoisotopic (exact) mass is 192 g/mol. The van der Waals surface area contributed by atoms with E-state index in [9.17, 15) is 0 Å². The normalized spacial score (nSPS) is 29.1. The van der Waals surface area contributed by atoms with Gasteiger partial charge in [-0.05, 0) is 38.6 Å². The summed E-state index contributed by atoms with van der Waals surface area (Å²) >= 11 is 0. The third-order valence-electron chi connectivity index (χ3n) is 3.18. The van der Waals surface area contributed by atoms with Crippen LogP contribution >= 0.6 is 0 Å². The number of hydrogen-bond acceptors (Lipinski definition) is 2. The minimum atomic E-state index is 0.746. The molecular weight excluding hydrogens is 172 g/mol. The lowest BCUT2D eigenvalue weighted by atomic mass is 10.2. The second-order valence-corrected chi connectivity index (χ2v) is 4.41. The van der Waals surface area contributed by atoms with Crippen molar-refractivity contribution in [3.63, 3.8) is 0 Å². The lowest BCUT2D eigenvalue weighted by Crippen LogP contribution is -2.39. The van der Waals surface area contributed by atoms with E-state index in [0.29, 0.717) is 0 Å². The lowest BCUT2D eigenvalue weighted by Gasteiger charge is -2.22. The van der Waals surface area contributed by atoms with Gasteiger partial charge in [-0.3, -0.25) is 4.90 Å². The molecule has 1 unspecified atom stereocenters. The van der Waals surface area contributed by atoms with E-state index in [1.54, 1.807) is 0 Å². The van der Waals surface area contributed by atoms with E-state index >= 15 is 0 Å². The molecule has 2 heteroatoms. The van der Waals surface area contributed by atoms with Gasteiger partial charge in [0, 0.05) is 19.1 Å². The molecule has 14 heavy (non-hydrogen) atoms. The molecule has 2 fully saturated rings. The molecule has 1 aliphatic carbocycles. The fourth-order valence-electron chi connectivity index (χ4n) is 2.17. The first-order chi connectivity index (χ1) is 6.90. The summed E-state index contributed by atoms with van der Waals surface area (Å²) in [5.74, 6) is 7.12. The first kappa shape index (κ1) is 10.0. The average molecular weight is 192 g/mol. The largest absolute Gasteiger partial charge is 0.312 e.